The van der Waals surface area contributed by atoms with Crippen LogP contribution in [0, 0.1) is 0 Å². The Hall–Kier alpha value is -2.57. The summed E-state index contributed by atoms with van der Waals surface area (Å²) in [5, 5.41) is 18.2. The molecule has 126 valence electrons. The SMILES string of the molecule is CCCCOC(=O)N(Cc1ccccc1)C(CC(=O)O)C(=O)O. The highest BCUT2D eigenvalue weighted by Crippen LogP contribution is 2.14. The van der Waals surface area contributed by atoms with Gasteiger partial charge in [0.25, 0.3) is 0 Å². The number of carbonyl (C=O) groups is 3. The topological polar surface area (TPSA) is 104 Å². The number of carbonyl (C=O) groups excluding carboxylic acids is 1. The standard InChI is InChI=1S/C16H21NO6/c1-2-3-9-23-16(22)17(11-12-7-5-4-6-8-12)13(15(20)21)10-14(18)19/h4-8,13H,2-3,9-11H2,1H3,(H,18,19)(H,20,21). The average Bonchev–Trinajstić information content (AvgIpc) is 2.51. The number of benzene rings is 1. The van der Waals surface area contributed by atoms with Crippen molar-refractivity contribution in [2.45, 2.75) is 38.8 Å². The van der Waals surface area contributed by atoms with Crippen LogP contribution in [0.3, 0.4) is 0 Å². The minimum Gasteiger partial charge on any atom is -0.481 e. The molecule has 0 aromatic heterocycles. The van der Waals surface area contributed by atoms with Crippen molar-refractivity contribution in [3.63, 3.8) is 0 Å². The van der Waals surface area contributed by atoms with Crippen molar-refractivity contribution >= 4 is 18.0 Å². The van der Waals surface area contributed by atoms with E-state index in [1.54, 1.807) is 30.3 Å². The average molecular weight is 323 g/mol. The van der Waals surface area contributed by atoms with Gasteiger partial charge in [0.1, 0.15) is 6.04 Å². The maximum atomic E-state index is 12.2. The molecular weight excluding hydrogens is 302 g/mol. The summed E-state index contributed by atoms with van der Waals surface area (Å²) >= 11 is 0. The first kappa shape index (κ1) is 18.5. The highest BCUT2D eigenvalue weighted by atomic mass is 16.6. The highest BCUT2D eigenvalue weighted by Gasteiger charge is 2.32. The second-order valence-electron chi connectivity index (χ2n) is 5.03. The summed E-state index contributed by atoms with van der Waals surface area (Å²) in [5.74, 6) is -2.67. The van der Waals surface area contributed by atoms with Crippen LogP contribution in [0.2, 0.25) is 0 Å². The summed E-state index contributed by atoms with van der Waals surface area (Å²) in [6.45, 7) is 2.07. The van der Waals surface area contributed by atoms with E-state index in [0.717, 1.165) is 11.3 Å². The molecule has 1 amide bonds. The number of hydrogen-bond acceptors (Lipinski definition) is 4. The van der Waals surface area contributed by atoms with E-state index in [2.05, 4.69) is 0 Å². The van der Waals surface area contributed by atoms with Gasteiger partial charge in [0.15, 0.2) is 0 Å². The predicted molar refractivity (Wildman–Crippen MR) is 81.9 cm³/mol. The number of unbranched alkanes of at least 4 members (excludes halogenated alkanes) is 1. The Morgan fingerprint density at radius 3 is 2.35 bits per heavy atom. The maximum absolute atomic E-state index is 12.2. The summed E-state index contributed by atoms with van der Waals surface area (Å²) in [6.07, 6.45) is -0.0354. The molecule has 7 nitrogen and oxygen atoms in total. The van der Waals surface area contributed by atoms with Gasteiger partial charge in [-0.2, -0.15) is 0 Å². The zero-order valence-electron chi connectivity index (χ0n) is 13.0. The molecule has 1 atom stereocenters. The van der Waals surface area contributed by atoms with Crippen molar-refractivity contribution in [2.75, 3.05) is 6.61 Å². The number of carboxylic acid groups (broad SMARTS) is 2. The third kappa shape index (κ3) is 6.37. The van der Waals surface area contributed by atoms with Crippen LogP contribution in [-0.4, -0.2) is 45.8 Å². The number of aliphatic carboxylic acids is 2. The molecule has 1 aromatic rings. The van der Waals surface area contributed by atoms with Gasteiger partial charge in [-0.05, 0) is 12.0 Å². The molecule has 0 bridgehead atoms. The van der Waals surface area contributed by atoms with Gasteiger partial charge in [-0.3, -0.25) is 9.69 Å². The Morgan fingerprint density at radius 1 is 1.17 bits per heavy atom. The van der Waals surface area contributed by atoms with E-state index in [1.165, 1.54) is 0 Å². The second kappa shape index (κ2) is 9.45. The van der Waals surface area contributed by atoms with Gasteiger partial charge in [-0.25, -0.2) is 9.59 Å². The first-order valence-electron chi connectivity index (χ1n) is 7.37. The normalized spacial score (nSPS) is 11.5. The van der Waals surface area contributed by atoms with Crippen molar-refractivity contribution in [1.29, 1.82) is 0 Å². The molecule has 0 fully saturated rings. The molecule has 1 aromatic carbocycles. The molecule has 1 rings (SSSR count). The minimum absolute atomic E-state index is 0.0317. The Balaban J connectivity index is 2.95. The summed E-state index contributed by atoms with van der Waals surface area (Å²) < 4.78 is 5.06. The molecule has 0 aliphatic heterocycles. The molecule has 0 aliphatic rings. The summed E-state index contributed by atoms with van der Waals surface area (Å²) in [6, 6.07) is 7.27. The van der Waals surface area contributed by atoms with Crippen LogP contribution < -0.4 is 0 Å². The van der Waals surface area contributed by atoms with Crippen LogP contribution in [0.4, 0.5) is 4.79 Å². The Kier molecular flexibility index (Phi) is 7.59. The van der Waals surface area contributed by atoms with E-state index in [4.69, 9.17) is 9.84 Å². The van der Waals surface area contributed by atoms with Gasteiger partial charge in [0.2, 0.25) is 0 Å². The van der Waals surface area contributed by atoms with Gasteiger partial charge in [-0.1, -0.05) is 43.7 Å². The van der Waals surface area contributed by atoms with Crippen LogP contribution in [0.25, 0.3) is 0 Å². The monoisotopic (exact) mass is 323 g/mol. The van der Waals surface area contributed by atoms with Crippen molar-refractivity contribution in [2.24, 2.45) is 0 Å². The molecule has 0 radical (unpaired) electrons. The van der Waals surface area contributed by atoms with E-state index in [9.17, 15) is 19.5 Å². The predicted octanol–water partition coefficient (Wildman–Crippen LogP) is 2.35. The van der Waals surface area contributed by atoms with Gasteiger partial charge in [0, 0.05) is 6.54 Å². The molecule has 1 unspecified atom stereocenters. The van der Waals surface area contributed by atoms with Gasteiger partial charge in [0.05, 0.1) is 13.0 Å². The van der Waals surface area contributed by atoms with Crippen molar-refractivity contribution in [3.05, 3.63) is 35.9 Å². The van der Waals surface area contributed by atoms with E-state index >= 15 is 0 Å². The Labute approximate surface area is 134 Å². The lowest BCUT2D eigenvalue weighted by molar-refractivity contribution is -0.149. The lowest BCUT2D eigenvalue weighted by Crippen LogP contribution is -2.46. The van der Waals surface area contributed by atoms with E-state index in [-0.39, 0.29) is 13.2 Å². The fourth-order valence-corrected chi connectivity index (χ4v) is 1.97. The number of rotatable bonds is 9. The van der Waals surface area contributed by atoms with E-state index in [0.29, 0.717) is 12.0 Å². The second-order valence-corrected chi connectivity index (χ2v) is 5.03. The zero-order valence-corrected chi connectivity index (χ0v) is 13.0. The van der Waals surface area contributed by atoms with Crippen LogP contribution >= 0.6 is 0 Å². The molecule has 23 heavy (non-hydrogen) atoms. The molecule has 0 saturated heterocycles. The molecule has 7 heteroatoms. The molecular formula is C16H21NO6. The molecule has 0 spiro atoms. The zero-order chi connectivity index (χ0) is 17.2. The van der Waals surface area contributed by atoms with Gasteiger partial charge >= 0.3 is 18.0 Å². The van der Waals surface area contributed by atoms with Crippen LogP contribution in [0.1, 0.15) is 31.7 Å². The number of ether oxygens (including phenoxy) is 1. The van der Waals surface area contributed by atoms with E-state index in [1.807, 2.05) is 6.92 Å². The Morgan fingerprint density at radius 2 is 1.83 bits per heavy atom. The summed E-state index contributed by atoms with van der Waals surface area (Å²) in [7, 11) is 0. The third-order valence-electron chi connectivity index (χ3n) is 3.18. The number of nitrogens with zero attached hydrogens (tertiary/aromatic N) is 1. The third-order valence-corrected chi connectivity index (χ3v) is 3.18. The maximum Gasteiger partial charge on any atom is 0.410 e. The first-order chi connectivity index (χ1) is 11.0. The largest absolute Gasteiger partial charge is 0.481 e. The van der Waals surface area contributed by atoms with Crippen LogP contribution in [0.15, 0.2) is 30.3 Å². The number of hydrogen-bond donors (Lipinski definition) is 2. The van der Waals surface area contributed by atoms with Gasteiger partial charge in [-0.15, -0.1) is 0 Å². The van der Waals surface area contributed by atoms with Crippen LogP contribution in [0.5, 0.6) is 0 Å². The van der Waals surface area contributed by atoms with Crippen molar-refractivity contribution < 1.29 is 29.3 Å². The summed E-state index contributed by atoms with van der Waals surface area (Å²) in [4.78, 5) is 35.4. The van der Waals surface area contributed by atoms with Crippen molar-refractivity contribution in [3.8, 4) is 0 Å². The molecule has 2 N–H and O–H groups in total. The molecule has 0 aliphatic carbocycles. The number of amides is 1. The number of carboxylic acids is 2. The fraction of sp³-hybridized carbons (Fsp3) is 0.438. The van der Waals surface area contributed by atoms with Crippen LogP contribution in [-0.2, 0) is 20.9 Å². The smallest absolute Gasteiger partial charge is 0.410 e. The molecule has 0 saturated carbocycles. The van der Waals surface area contributed by atoms with Crippen molar-refractivity contribution in [1.82, 2.24) is 4.90 Å². The Bertz CT molecular complexity index is 531. The van der Waals surface area contributed by atoms with Gasteiger partial charge < -0.3 is 14.9 Å². The van der Waals surface area contributed by atoms with E-state index < -0.39 is 30.5 Å². The lowest BCUT2D eigenvalue weighted by Gasteiger charge is -2.27. The first-order valence-corrected chi connectivity index (χ1v) is 7.37. The summed E-state index contributed by atoms with van der Waals surface area (Å²) in [5.41, 5.74) is 0.691. The fourth-order valence-electron chi connectivity index (χ4n) is 1.97. The minimum atomic E-state index is -1.48. The lowest BCUT2D eigenvalue weighted by atomic mass is 10.1. The quantitative estimate of drug-likeness (QED) is 0.676. The highest BCUT2D eigenvalue weighted by molar-refractivity contribution is 5.84. The molecule has 0 heterocycles.